The molecule has 10 heavy (non-hydrogen) atoms. The van der Waals surface area contributed by atoms with Crippen LogP contribution in [-0.4, -0.2) is 11.5 Å². The first-order chi connectivity index (χ1) is 4.52. The van der Waals surface area contributed by atoms with Gasteiger partial charge < -0.3 is 5.73 Å². The topological polar surface area (TPSA) is 76.4 Å². The molecule has 5 N–H and O–H groups in total. The summed E-state index contributed by atoms with van der Waals surface area (Å²) in [5.41, 5.74) is 6.85. The number of aliphatic imine (C=N–C) groups is 1. The van der Waals surface area contributed by atoms with Crippen LogP contribution in [0.15, 0.2) is 4.99 Å². The van der Waals surface area contributed by atoms with Crippen molar-refractivity contribution in [1.29, 1.82) is 0 Å². The van der Waals surface area contributed by atoms with Crippen LogP contribution in [0.1, 0.15) is 13.8 Å². The molecule has 0 rings (SSSR count). The second-order valence-electron chi connectivity index (χ2n) is 2.34. The van der Waals surface area contributed by atoms with Crippen LogP contribution in [0, 0.1) is 12.3 Å². The van der Waals surface area contributed by atoms with Crippen molar-refractivity contribution in [2.24, 2.45) is 16.6 Å². The third-order valence-electron chi connectivity index (χ3n) is 0.901. The highest BCUT2D eigenvalue weighted by atomic mass is 15.3. The first-order valence-electron chi connectivity index (χ1n) is 2.81. The monoisotopic (exact) mass is 140 g/mol. The van der Waals surface area contributed by atoms with Gasteiger partial charge in [-0.25, -0.2) is 10.8 Å². The van der Waals surface area contributed by atoms with Gasteiger partial charge >= 0.3 is 0 Å². The first-order valence-corrected chi connectivity index (χ1v) is 2.81. The van der Waals surface area contributed by atoms with E-state index in [1.54, 1.807) is 13.8 Å². The maximum absolute atomic E-state index is 5.25. The SMILES string of the molecule is C#CC(C)(C)N=C(N)NN. The fourth-order valence-electron chi connectivity index (χ4n) is 0.366. The summed E-state index contributed by atoms with van der Waals surface area (Å²) in [6.07, 6.45) is 5.13. The average Bonchev–Trinajstić information content (AvgIpc) is 1.87. The van der Waals surface area contributed by atoms with Gasteiger partial charge in [0.1, 0.15) is 5.54 Å². The number of nitrogens with two attached hydrogens (primary N) is 2. The van der Waals surface area contributed by atoms with Crippen molar-refractivity contribution in [1.82, 2.24) is 5.43 Å². The Labute approximate surface area is 60.7 Å². The minimum Gasteiger partial charge on any atom is -0.369 e. The molecule has 4 heteroatoms. The minimum atomic E-state index is -0.587. The zero-order valence-corrected chi connectivity index (χ0v) is 6.18. The molecule has 0 unspecified atom stereocenters. The summed E-state index contributed by atoms with van der Waals surface area (Å²) < 4.78 is 0. The van der Waals surface area contributed by atoms with Gasteiger partial charge in [0, 0.05) is 0 Å². The maximum Gasteiger partial charge on any atom is 0.204 e. The van der Waals surface area contributed by atoms with Gasteiger partial charge in [-0.3, -0.25) is 5.43 Å². The van der Waals surface area contributed by atoms with Crippen LogP contribution < -0.4 is 17.0 Å². The molecule has 0 spiro atoms. The largest absolute Gasteiger partial charge is 0.369 e. The van der Waals surface area contributed by atoms with Crippen LogP contribution in [0.25, 0.3) is 0 Å². The Morgan fingerprint density at radius 2 is 2.20 bits per heavy atom. The summed E-state index contributed by atoms with van der Waals surface area (Å²) in [6.45, 7) is 3.52. The molecule has 0 aliphatic heterocycles. The van der Waals surface area contributed by atoms with E-state index < -0.39 is 5.54 Å². The molecule has 0 saturated heterocycles. The molecule has 4 nitrogen and oxygen atoms in total. The second-order valence-corrected chi connectivity index (χ2v) is 2.34. The summed E-state index contributed by atoms with van der Waals surface area (Å²) in [5.74, 6) is 7.54. The van der Waals surface area contributed by atoms with E-state index in [9.17, 15) is 0 Å². The van der Waals surface area contributed by atoms with Crippen LogP contribution in [0.3, 0.4) is 0 Å². The minimum absolute atomic E-state index is 0.142. The van der Waals surface area contributed by atoms with Crippen LogP contribution >= 0.6 is 0 Å². The van der Waals surface area contributed by atoms with Gasteiger partial charge in [-0.05, 0) is 13.8 Å². The van der Waals surface area contributed by atoms with Gasteiger partial charge in [0.2, 0.25) is 5.96 Å². The van der Waals surface area contributed by atoms with E-state index in [2.05, 4.69) is 16.3 Å². The quantitative estimate of drug-likeness (QED) is 0.146. The van der Waals surface area contributed by atoms with Crippen molar-refractivity contribution in [2.45, 2.75) is 19.4 Å². The van der Waals surface area contributed by atoms with Crippen molar-refractivity contribution in [2.75, 3.05) is 0 Å². The van der Waals surface area contributed by atoms with Crippen molar-refractivity contribution >= 4 is 5.96 Å². The molecule has 0 radical (unpaired) electrons. The smallest absolute Gasteiger partial charge is 0.204 e. The molecular formula is C6H12N4. The lowest BCUT2D eigenvalue weighted by Gasteiger charge is -2.11. The number of hydrazine groups is 1. The molecule has 0 atom stereocenters. The van der Waals surface area contributed by atoms with Gasteiger partial charge in [-0.15, -0.1) is 6.42 Å². The van der Waals surface area contributed by atoms with Crippen molar-refractivity contribution in [3.05, 3.63) is 0 Å². The standard InChI is InChI=1S/C6H12N4/c1-4-6(2,3)9-5(7)10-8/h1H,8H2,2-3H3,(H3,7,9,10). The normalized spacial score (nSPS) is 12.4. The lowest BCUT2D eigenvalue weighted by molar-refractivity contribution is 0.676. The fourth-order valence-corrected chi connectivity index (χ4v) is 0.366. The van der Waals surface area contributed by atoms with Crippen LogP contribution in [0.4, 0.5) is 0 Å². The van der Waals surface area contributed by atoms with Crippen LogP contribution in [0.2, 0.25) is 0 Å². The number of hydrogen-bond donors (Lipinski definition) is 3. The van der Waals surface area contributed by atoms with Crippen molar-refractivity contribution in [3.63, 3.8) is 0 Å². The summed E-state index contributed by atoms with van der Waals surface area (Å²) >= 11 is 0. The molecule has 0 fully saturated rings. The molecule has 0 heterocycles. The van der Waals surface area contributed by atoms with Gasteiger partial charge in [0.15, 0.2) is 0 Å². The Kier molecular flexibility index (Phi) is 2.71. The number of nitrogens with zero attached hydrogens (tertiary/aromatic N) is 1. The predicted octanol–water partition coefficient (Wildman–Crippen LogP) is -0.824. The highest BCUT2D eigenvalue weighted by molar-refractivity contribution is 5.77. The van der Waals surface area contributed by atoms with Gasteiger partial charge in [-0.2, -0.15) is 0 Å². The molecule has 0 aromatic rings. The Morgan fingerprint density at radius 1 is 1.70 bits per heavy atom. The van der Waals surface area contributed by atoms with Crippen LogP contribution in [0.5, 0.6) is 0 Å². The Hall–Kier alpha value is -1.21. The Bertz CT molecular complexity index is 175. The Balaban J connectivity index is 4.27. The van der Waals surface area contributed by atoms with Crippen molar-refractivity contribution in [3.8, 4) is 12.3 Å². The maximum atomic E-state index is 5.25. The van der Waals surface area contributed by atoms with Crippen LogP contribution in [-0.2, 0) is 0 Å². The van der Waals surface area contributed by atoms with E-state index in [0.717, 1.165) is 0 Å². The first kappa shape index (κ1) is 8.79. The lowest BCUT2D eigenvalue weighted by Crippen LogP contribution is -2.39. The lowest BCUT2D eigenvalue weighted by atomic mass is 10.1. The van der Waals surface area contributed by atoms with E-state index >= 15 is 0 Å². The average molecular weight is 140 g/mol. The second kappa shape index (κ2) is 3.08. The predicted molar refractivity (Wildman–Crippen MR) is 41.9 cm³/mol. The highest BCUT2D eigenvalue weighted by Gasteiger charge is 2.10. The zero-order chi connectivity index (χ0) is 8.20. The fraction of sp³-hybridized carbons (Fsp3) is 0.500. The molecule has 0 amide bonds. The number of nitrogens with one attached hydrogen (secondary N) is 1. The molecule has 0 aliphatic rings. The molecular weight excluding hydrogens is 128 g/mol. The molecule has 56 valence electrons. The number of hydrogen-bond acceptors (Lipinski definition) is 2. The zero-order valence-electron chi connectivity index (χ0n) is 6.18. The molecule has 0 aromatic carbocycles. The molecule has 0 saturated carbocycles. The third kappa shape index (κ3) is 2.95. The summed E-state index contributed by atoms with van der Waals surface area (Å²) in [6, 6.07) is 0. The van der Waals surface area contributed by atoms with E-state index in [1.807, 2.05) is 0 Å². The van der Waals surface area contributed by atoms with Gasteiger partial charge in [0.25, 0.3) is 0 Å². The van der Waals surface area contributed by atoms with Crippen molar-refractivity contribution < 1.29 is 0 Å². The summed E-state index contributed by atoms with van der Waals surface area (Å²) in [5, 5.41) is 0. The summed E-state index contributed by atoms with van der Waals surface area (Å²) in [4.78, 5) is 3.87. The van der Waals surface area contributed by atoms with Gasteiger partial charge in [-0.1, -0.05) is 5.92 Å². The third-order valence-corrected chi connectivity index (χ3v) is 0.901. The molecule has 0 aromatic heterocycles. The Morgan fingerprint density at radius 3 is 2.50 bits per heavy atom. The number of guanidine groups is 1. The van der Waals surface area contributed by atoms with E-state index in [4.69, 9.17) is 18.0 Å². The van der Waals surface area contributed by atoms with Gasteiger partial charge in [0.05, 0.1) is 0 Å². The van der Waals surface area contributed by atoms with E-state index in [-0.39, 0.29) is 5.96 Å². The molecule has 0 aliphatic carbocycles. The summed E-state index contributed by atoms with van der Waals surface area (Å²) in [7, 11) is 0. The highest BCUT2D eigenvalue weighted by Crippen LogP contribution is 2.04. The van der Waals surface area contributed by atoms with E-state index in [0.29, 0.717) is 0 Å². The molecule has 0 bridgehead atoms. The van der Waals surface area contributed by atoms with E-state index in [1.165, 1.54) is 0 Å². The number of terminal acetylenes is 1. The number of rotatable bonds is 1.